The number of Topliss-reactive ketones (excluding diaryl/α,β-unsaturated/α-hetero) is 1. The van der Waals surface area contributed by atoms with Crippen LogP contribution >= 0.6 is 0 Å². The Morgan fingerprint density at radius 3 is 2.57 bits per heavy atom. The number of carbonyl (C=O) groups excluding carboxylic acids is 2. The van der Waals surface area contributed by atoms with Crippen LogP contribution < -0.4 is 10.1 Å². The Morgan fingerprint density at radius 1 is 1.11 bits per heavy atom. The number of likely N-dealkylation sites (tertiary alicyclic amines) is 1. The van der Waals surface area contributed by atoms with Crippen LogP contribution in [0.15, 0.2) is 54.6 Å². The lowest BCUT2D eigenvalue weighted by Gasteiger charge is -2.33. The first-order valence-electron chi connectivity index (χ1n) is 9.89. The monoisotopic (exact) mass is 380 g/mol. The van der Waals surface area contributed by atoms with E-state index in [-0.39, 0.29) is 24.3 Å². The van der Waals surface area contributed by atoms with Crippen LogP contribution in [0.2, 0.25) is 0 Å². The van der Waals surface area contributed by atoms with Crippen LogP contribution in [0.1, 0.15) is 35.7 Å². The van der Waals surface area contributed by atoms with Gasteiger partial charge < -0.3 is 15.0 Å². The van der Waals surface area contributed by atoms with Gasteiger partial charge in [0.2, 0.25) is 0 Å². The molecule has 0 aliphatic carbocycles. The van der Waals surface area contributed by atoms with Crippen LogP contribution in [-0.2, 0) is 11.2 Å². The van der Waals surface area contributed by atoms with Crippen molar-refractivity contribution in [1.82, 2.24) is 10.2 Å². The van der Waals surface area contributed by atoms with E-state index in [1.165, 1.54) is 12.5 Å². The number of nitrogens with zero attached hydrogens (tertiary/aromatic N) is 1. The van der Waals surface area contributed by atoms with Crippen LogP contribution in [0.3, 0.4) is 0 Å². The molecule has 1 aliphatic rings. The number of piperidine rings is 1. The van der Waals surface area contributed by atoms with Crippen LogP contribution in [0.25, 0.3) is 0 Å². The summed E-state index contributed by atoms with van der Waals surface area (Å²) in [6, 6.07) is 17.5. The van der Waals surface area contributed by atoms with E-state index in [1.807, 2.05) is 6.07 Å². The zero-order chi connectivity index (χ0) is 19.8. The van der Waals surface area contributed by atoms with Gasteiger partial charge in [0.25, 0.3) is 5.91 Å². The lowest BCUT2D eigenvalue weighted by Crippen LogP contribution is -2.49. The second kappa shape index (κ2) is 10.0. The van der Waals surface area contributed by atoms with Crippen LogP contribution in [0.4, 0.5) is 0 Å². The normalized spacial score (nSPS) is 17.1. The first-order valence-corrected chi connectivity index (χ1v) is 9.89. The van der Waals surface area contributed by atoms with Crippen LogP contribution in [-0.4, -0.2) is 48.9 Å². The van der Waals surface area contributed by atoms with E-state index < -0.39 is 0 Å². The number of rotatable bonds is 8. The number of ketones is 1. The van der Waals surface area contributed by atoms with Crippen molar-refractivity contribution in [2.75, 3.05) is 26.2 Å². The summed E-state index contributed by atoms with van der Waals surface area (Å²) in [5.41, 5.74) is 1.98. The zero-order valence-electron chi connectivity index (χ0n) is 16.4. The molecule has 0 aromatic heterocycles. The minimum Gasteiger partial charge on any atom is -0.484 e. The molecule has 2 aromatic carbocycles. The van der Waals surface area contributed by atoms with Crippen molar-refractivity contribution in [3.63, 3.8) is 0 Å². The SMILES string of the molecule is CC(=O)c1ccc(OCC(=O)N[C@@H]2CCCN(CCc3ccccc3)C2)cc1. The standard InChI is InChI=1S/C23H28N2O3/c1-18(26)20-9-11-22(12-10-20)28-17-23(27)24-21-8-5-14-25(16-21)15-13-19-6-3-2-4-7-19/h2-4,6-7,9-12,21H,5,8,13-17H2,1H3,(H,24,27)/t21-/m1/s1. The van der Waals surface area contributed by atoms with Gasteiger partial charge >= 0.3 is 0 Å². The highest BCUT2D eigenvalue weighted by Crippen LogP contribution is 2.14. The Morgan fingerprint density at radius 2 is 1.86 bits per heavy atom. The predicted molar refractivity (Wildman–Crippen MR) is 110 cm³/mol. The number of hydrogen-bond acceptors (Lipinski definition) is 4. The Bertz CT molecular complexity index is 774. The third-order valence-corrected chi connectivity index (χ3v) is 5.06. The molecular formula is C23H28N2O3. The maximum atomic E-state index is 12.2. The van der Waals surface area contributed by atoms with Gasteiger partial charge in [0.15, 0.2) is 12.4 Å². The molecule has 28 heavy (non-hydrogen) atoms. The molecule has 1 N–H and O–H groups in total. The molecule has 0 saturated carbocycles. The summed E-state index contributed by atoms with van der Waals surface area (Å²) in [5, 5.41) is 3.09. The lowest BCUT2D eigenvalue weighted by atomic mass is 10.0. The molecule has 0 bridgehead atoms. The highest BCUT2D eigenvalue weighted by Gasteiger charge is 2.21. The third-order valence-electron chi connectivity index (χ3n) is 5.06. The van der Waals surface area contributed by atoms with E-state index in [0.717, 1.165) is 38.9 Å². The Balaban J connectivity index is 1.40. The van der Waals surface area contributed by atoms with Gasteiger partial charge in [-0.05, 0) is 62.6 Å². The fourth-order valence-corrected chi connectivity index (χ4v) is 3.51. The molecule has 5 nitrogen and oxygen atoms in total. The first kappa shape index (κ1) is 20.1. The summed E-state index contributed by atoms with van der Waals surface area (Å²) in [6.45, 7) is 4.48. The average Bonchev–Trinajstić information content (AvgIpc) is 2.72. The zero-order valence-corrected chi connectivity index (χ0v) is 16.4. The number of benzene rings is 2. The van der Waals surface area contributed by atoms with E-state index in [1.54, 1.807) is 24.3 Å². The number of carbonyl (C=O) groups is 2. The average molecular weight is 380 g/mol. The molecule has 1 atom stereocenters. The lowest BCUT2D eigenvalue weighted by molar-refractivity contribution is -0.124. The highest BCUT2D eigenvalue weighted by molar-refractivity contribution is 5.94. The minimum atomic E-state index is -0.106. The quantitative estimate of drug-likeness (QED) is 0.715. The molecule has 1 aliphatic heterocycles. The van der Waals surface area contributed by atoms with Crippen molar-refractivity contribution in [2.24, 2.45) is 0 Å². The number of amides is 1. The second-order valence-corrected chi connectivity index (χ2v) is 7.31. The summed E-state index contributed by atoms with van der Waals surface area (Å²) >= 11 is 0. The molecule has 1 fully saturated rings. The van der Waals surface area contributed by atoms with Gasteiger partial charge in [-0.3, -0.25) is 9.59 Å². The van der Waals surface area contributed by atoms with Gasteiger partial charge in [0.05, 0.1) is 0 Å². The molecule has 3 rings (SSSR count). The van der Waals surface area contributed by atoms with Crippen molar-refractivity contribution >= 4 is 11.7 Å². The van der Waals surface area contributed by atoms with Crippen LogP contribution in [0.5, 0.6) is 5.75 Å². The summed E-state index contributed by atoms with van der Waals surface area (Å²) in [5.74, 6) is 0.497. The largest absolute Gasteiger partial charge is 0.484 e. The number of ether oxygens (including phenoxy) is 1. The van der Waals surface area contributed by atoms with E-state index in [4.69, 9.17) is 4.74 Å². The maximum absolute atomic E-state index is 12.2. The van der Waals surface area contributed by atoms with Gasteiger partial charge in [-0.15, -0.1) is 0 Å². The van der Waals surface area contributed by atoms with Gasteiger partial charge in [0.1, 0.15) is 5.75 Å². The molecule has 1 heterocycles. The summed E-state index contributed by atoms with van der Waals surface area (Å²) in [6.07, 6.45) is 3.12. The maximum Gasteiger partial charge on any atom is 0.258 e. The van der Waals surface area contributed by atoms with Crippen molar-refractivity contribution in [1.29, 1.82) is 0 Å². The highest BCUT2D eigenvalue weighted by atomic mass is 16.5. The summed E-state index contributed by atoms with van der Waals surface area (Å²) < 4.78 is 5.54. The van der Waals surface area contributed by atoms with Gasteiger partial charge in [-0.25, -0.2) is 0 Å². The summed E-state index contributed by atoms with van der Waals surface area (Å²) in [4.78, 5) is 25.9. The van der Waals surface area contributed by atoms with E-state index in [9.17, 15) is 9.59 Å². The fraction of sp³-hybridized carbons (Fsp3) is 0.391. The molecule has 2 aromatic rings. The molecular weight excluding hydrogens is 352 g/mol. The Labute approximate surface area is 166 Å². The van der Waals surface area contributed by atoms with Gasteiger partial charge in [0, 0.05) is 24.7 Å². The van der Waals surface area contributed by atoms with Crippen molar-refractivity contribution < 1.29 is 14.3 Å². The molecule has 0 radical (unpaired) electrons. The minimum absolute atomic E-state index is 0.0124. The molecule has 1 saturated heterocycles. The topological polar surface area (TPSA) is 58.6 Å². The molecule has 1 amide bonds. The van der Waals surface area contributed by atoms with Crippen molar-refractivity contribution in [2.45, 2.75) is 32.2 Å². The Kier molecular flexibility index (Phi) is 7.20. The molecule has 5 heteroatoms. The summed E-state index contributed by atoms with van der Waals surface area (Å²) in [7, 11) is 0. The van der Waals surface area contributed by atoms with E-state index >= 15 is 0 Å². The third kappa shape index (κ3) is 6.20. The van der Waals surface area contributed by atoms with E-state index in [2.05, 4.69) is 34.5 Å². The number of hydrogen-bond donors (Lipinski definition) is 1. The van der Waals surface area contributed by atoms with E-state index in [0.29, 0.717) is 11.3 Å². The van der Waals surface area contributed by atoms with Gasteiger partial charge in [-0.2, -0.15) is 0 Å². The van der Waals surface area contributed by atoms with Crippen molar-refractivity contribution in [3.8, 4) is 5.75 Å². The molecule has 0 spiro atoms. The molecule has 148 valence electrons. The fourth-order valence-electron chi connectivity index (χ4n) is 3.51. The predicted octanol–water partition coefficient (Wildman–Crippen LogP) is 3.09. The molecule has 0 unspecified atom stereocenters. The van der Waals surface area contributed by atoms with Crippen LogP contribution in [0, 0.1) is 0 Å². The number of nitrogens with one attached hydrogen (secondary N) is 1. The Hall–Kier alpha value is -2.66. The first-order chi connectivity index (χ1) is 13.6. The van der Waals surface area contributed by atoms with Crippen molar-refractivity contribution in [3.05, 3.63) is 65.7 Å². The van der Waals surface area contributed by atoms with Gasteiger partial charge in [-0.1, -0.05) is 30.3 Å². The smallest absolute Gasteiger partial charge is 0.258 e. The second-order valence-electron chi connectivity index (χ2n) is 7.31.